The first-order valence-electron chi connectivity index (χ1n) is 12.1. The van der Waals surface area contributed by atoms with Crippen LogP contribution < -0.4 is 4.90 Å². The van der Waals surface area contributed by atoms with Crippen molar-refractivity contribution in [1.82, 2.24) is 24.9 Å². The number of hydrogen-bond donors (Lipinski definition) is 1. The highest BCUT2D eigenvalue weighted by Gasteiger charge is 2.30. The largest absolute Gasteiger partial charge is 0.466 e. The highest BCUT2D eigenvalue weighted by atomic mass is 19.4. The maximum atomic E-state index is 13.0. The van der Waals surface area contributed by atoms with E-state index >= 15 is 0 Å². The lowest BCUT2D eigenvalue weighted by Gasteiger charge is -2.31. The Morgan fingerprint density at radius 1 is 1.05 bits per heavy atom. The number of carbonyl (C=O) groups excluding carboxylic acids is 1. The molecule has 0 unspecified atom stereocenters. The molecule has 1 aliphatic heterocycles. The van der Waals surface area contributed by atoms with Crippen molar-refractivity contribution in [2.24, 2.45) is 5.92 Å². The van der Waals surface area contributed by atoms with Gasteiger partial charge in [-0.2, -0.15) is 13.2 Å². The molecule has 11 heteroatoms. The van der Waals surface area contributed by atoms with E-state index in [0.717, 1.165) is 43.6 Å². The van der Waals surface area contributed by atoms with Crippen LogP contribution in [0.2, 0.25) is 0 Å². The van der Waals surface area contributed by atoms with E-state index in [9.17, 15) is 18.0 Å². The van der Waals surface area contributed by atoms with Gasteiger partial charge in [0.25, 0.3) is 0 Å². The molecule has 0 aliphatic carbocycles. The van der Waals surface area contributed by atoms with Crippen LogP contribution in [0.1, 0.15) is 31.7 Å². The van der Waals surface area contributed by atoms with Crippen molar-refractivity contribution in [3.63, 3.8) is 0 Å². The van der Waals surface area contributed by atoms with Crippen LogP contribution in [0.3, 0.4) is 0 Å². The van der Waals surface area contributed by atoms with Gasteiger partial charge in [-0.15, -0.1) is 0 Å². The first kappa shape index (κ1) is 24.7. The second kappa shape index (κ2) is 10.2. The summed E-state index contributed by atoms with van der Waals surface area (Å²) in [5, 5.41) is 0. The number of pyridine rings is 1. The normalized spacial score (nSPS) is 14.8. The van der Waals surface area contributed by atoms with Gasteiger partial charge in [0, 0.05) is 49.2 Å². The van der Waals surface area contributed by atoms with Gasteiger partial charge in [0.15, 0.2) is 0 Å². The number of nitrogens with one attached hydrogen (secondary N) is 1. The van der Waals surface area contributed by atoms with Gasteiger partial charge in [-0.05, 0) is 56.0 Å². The maximum Gasteiger partial charge on any atom is 0.416 e. The second-order valence-corrected chi connectivity index (χ2v) is 8.96. The van der Waals surface area contributed by atoms with Crippen LogP contribution >= 0.6 is 0 Å². The van der Waals surface area contributed by atoms with E-state index in [4.69, 9.17) is 4.74 Å². The third-order valence-electron chi connectivity index (χ3n) is 6.44. The smallest absolute Gasteiger partial charge is 0.416 e. The molecule has 0 amide bonds. The number of piperidine rings is 1. The van der Waals surface area contributed by atoms with Crippen LogP contribution in [0, 0.1) is 5.92 Å². The van der Waals surface area contributed by atoms with Gasteiger partial charge < -0.3 is 14.6 Å². The third kappa shape index (κ3) is 5.55. The van der Waals surface area contributed by atoms with E-state index < -0.39 is 11.7 Å². The number of hydrogen-bond acceptors (Lipinski definition) is 7. The fourth-order valence-corrected chi connectivity index (χ4v) is 4.44. The predicted octanol–water partition coefficient (Wildman–Crippen LogP) is 5.27. The molecule has 0 spiro atoms. The lowest BCUT2D eigenvalue weighted by Crippen LogP contribution is -2.35. The Balaban J connectivity index is 1.24. The monoisotopic (exact) mass is 510 g/mol. The van der Waals surface area contributed by atoms with Gasteiger partial charge >= 0.3 is 12.1 Å². The number of H-pyrrole nitrogens is 1. The molecule has 3 aromatic heterocycles. The first-order valence-corrected chi connectivity index (χ1v) is 12.1. The van der Waals surface area contributed by atoms with Crippen LogP contribution in [-0.4, -0.2) is 50.6 Å². The SMILES string of the molecule is CCOC(=O)CC1CCN(c2ncc(-c3ccc(-c4nc5ccc(C(F)(F)F)cc5[nH]4)cn3)cn2)CC1. The predicted molar refractivity (Wildman–Crippen MR) is 132 cm³/mol. The number of carbonyl (C=O) groups is 1. The number of esters is 1. The summed E-state index contributed by atoms with van der Waals surface area (Å²) in [4.78, 5) is 34.6. The van der Waals surface area contributed by atoms with Gasteiger partial charge in [-0.25, -0.2) is 15.0 Å². The van der Waals surface area contributed by atoms with Crippen molar-refractivity contribution in [2.45, 2.75) is 32.4 Å². The Hall–Kier alpha value is -4.02. The van der Waals surface area contributed by atoms with Gasteiger partial charge in [-0.3, -0.25) is 9.78 Å². The van der Waals surface area contributed by atoms with Crippen molar-refractivity contribution in [2.75, 3.05) is 24.6 Å². The Bertz CT molecular complexity index is 1380. The number of halogens is 3. The number of fused-ring (bicyclic) bond motifs is 1. The average Bonchev–Trinajstić information content (AvgIpc) is 3.33. The Morgan fingerprint density at radius 2 is 1.78 bits per heavy atom. The molecule has 1 fully saturated rings. The van der Waals surface area contributed by atoms with Crippen molar-refractivity contribution >= 4 is 23.0 Å². The summed E-state index contributed by atoms with van der Waals surface area (Å²) in [6.45, 7) is 3.77. The van der Waals surface area contributed by atoms with E-state index in [0.29, 0.717) is 53.0 Å². The average molecular weight is 511 g/mol. The number of rotatable bonds is 6. The topological polar surface area (TPSA) is 96.9 Å². The molecule has 0 radical (unpaired) electrons. The van der Waals surface area contributed by atoms with Crippen LogP contribution in [-0.2, 0) is 15.7 Å². The van der Waals surface area contributed by atoms with E-state index in [2.05, 4.69) is 29.8 Å². The minimum atomic E-state index is -4.42. The third-order valence-corrected chi connectivity index (χ3v) is 6.44. The number of imidazole rings is 1. The van der Waals surface area contributed by atoms with Crippen LogP contribution in [0.25, 0.3) is 33.7 Å². The minimum Gasteiger partial charge on any atom is -0.466 e. The number of aromatic nitrogens is 5. The summed E-state index contributed by atoms with van der Waals surface area (Å²) in [6, 6.07) is 7.01. The molecule has 0 bridgehead atoms. The molecule has 1 N–H and O–H groups in total. The molecule has 1 aliphatic rings. The van der Waals surface area contributed by atoms with E-state index in [-0.39, 0.29) is 5.97 Å². The fraction of sp³-hybridized carbons (Fsp3) is 0.346. The van der Waals surface area contributed by atoms with Crippen molar-refractivity contribution in [1.29, 1.82) is 0 Å². The van der Waals surface area contributed by atoms with Gasteiger partial charge in [0.05, 0.1) is 28.9 Å². The molecule has 1 saturated heterocycles. The molecular weight excluding hydrogens is 485 g/mol. The maximum absolute atomic E-state index is 13.0. The molecule has 4 aromatic rings. The molecular formula is C26H25F3N6O2. The van der Waals surface area contributed by atoms with Crippen LogP contribution in [0.5, 0.6) is 0 Å². The Kier molecular flexibility index (Phi) is 6.77. The van der Waals surface area contributed by atoms with Gasteiger partial charge in [-0.1, -0.05) is 0 Å². The standard InChI is InChI=1S/C26H25F3N6O2/c1-2-37-23(36)11-16-7-9-35(10-8-16)25-31-14-18(15-32-25)20-5-3-17(13-30-20)24-33-21-6-4-19(26(27,28)29)12-22(21)34-24/h3-6,12-16H,2,7-11H2,1H3,(H,33,34). The summed E-state index contributed by atoms with van der Waals surface area (Å²) in [5.41, 5.74) is 2.08. The van der Waals surface area contributed by atoms with E-state index in [1.54, 1.807) is 30.7 Å². The number of alkyl halides is 3. The zero-order chi connectivity index (χ0) is 26.0. The van der Waals surface area contributed by atoms with Crippen molar-refractivity contribution < 1.29 is 22.7 Å². The quantitative estimate of drug-likeness (QED) is 0.353. The molecule has 1 aromatic carbocycles. The zero-order valence-electron chi connectivity index (χ0n) is 20.1. The summed E-state index contributed by atoms with van der Waals surface area (Å²) < 4.78 is 44.0. The number of benzene rings is 1. The Labute approximate surface area is 210 Å². The lowest BCUT2D eigenvalue weighted by atomic mass is 9.94. The number of ether oxygens (including phenoxy) is 1. The summed E-state index contributed by atoms with van der Waals surface area (Å²) in [7, 11) is 0. The van der Waals surface area contributed by atoms with Crippen LogP contribution in [0.15, 0.2) is 48.9 Å². The van der Waals surface area contributed by atoms with Crippen LogP contribution in [0.4, 0.5) is 19.1 Å². The highest BCUT2D eigenvalue weighted by molar-refractivity contribution is 5.80. The minimum absolute atomic E-state index is 0.143. The molecule has 192 valence electrons. The molecule has 0 saturated carbocycles. The lowest BCUT2D eigenvalue weighted by molar-refractivity contribution is -0.144. The molecule has 4 heterocycles. The fourth-order valence-electron chi connectivity index (χ4n) is 4.44. The zero-order valence-corrected chi connectivity index (χ0v) is 20.1. The van der Waals surface area contributed by atoms with E-state index in [1.165, 1.54) is 6.07 Å². The number of anilines is 1. The summed E-state index contributed by atoms with van der Waals surface area (Å²) >= 11 is 0. The van der Waals surface area contributed by atoms with Gasteiger partial charge in [0.2, 0.25) is 5.95 Å². The van der Waals surface area contributed by atoms with Gasteiger partial charge in [0.1, 0.15) is 5.82 Å². The highest BCUT2D eigenvalue weighted by Crippen LogP contribution is 2.32. The Morgan fingerprint density at radius 3 is 2.43 bits per heavy atom. The van der Waals surface area contributed by atoms with E-state index in [1.807, 2.05) is 6.92 Å². The second-order valence-electron chi connectivity index (χ2n) is 8.96. The molecule has 0 atom stereocenters. The molecule has 5 rings (SSSR count). The van der Waals surface area contributed by atoms with Crippen molar-refractivity contribution in [3.8, 4) is 22.6 Å². The number of nitrogens with zero attached hydrogens (tertiary/aromatic N) is 5. The summed E-state index contributed by atoms with van der Waals surface area (Å²) in [5.74, 6) is 1.24. The summed E-state index contributed by atoms with van der Waals surface area (Å²) in [6.07, 6.45) is 2.84. The van der Waals surface area contributed by atoms with Crippen molar-refractivity contribution in [3.05, 3.63) is 54.5 Å². The first-order chi connectivity index (χ1) is 17.8. The molecule has 37 heavy (non-hydrogen) atoms. The number of aromatic amines is 1. The molecule has 8 nitrogen and oxygen atoms in total.